The summed E-state index contributed by atoms with van der Waals surface area (Å²) >= 11 is 0. The molecule has 0 aliphatic rings. The average molecular weight is 191 g/mol. The molecule has 14 heavy (non-hydrogen) atoms. The van der Waals surface area contributed by atoms with E-state index in [4.69, 9.17) is 10.6 Å². The van der Waals surface area contributed by atoms with Gasteiger partial charge in [-0.25, -0.2) is 0 Å². The highest BCUT2D eigenvalue weighted by molar-refractivity contribution is 5.89. The molecule has 0 aliphatic carbocycles. The molecular weight excluding hydrogens is 178 g/mol. The van der Waals surface area contributed by atoms with Crippen LogP contribution in [0, 0.1) is 0 Å². The molecule has 0 fully saturated rings. The van der Waals surface area contributed by atoms with Gasteiger partial charge in [0.2, 0.25) is 0 Å². The first-order chi connectivity index (χ1) is 6.68. The summed E-state index contributed by atoms with van der Waals surface area (Å²) < 4.78 is 0. The van der Waals surface area contributed by atoms with Gasteiger partial charge >= 0.3 is 0 Å². The Morgan fingerprint density at radius 1 is 1.43 bits per heavy atom. The van der Waals surface area contributed by atoms with Crippen molar-refractivity contribution >= 4 is 16.6 Å². The van der Waals surface area contributed by atoms with Crippen molar-refractivity contribution in [2.75, 3.05) is 5.73 Å². The van der Waals surface area contributed by atoms with Gasteiger partial charge < -0.3 is 10.6 Å². The SMILES string of the molecule is CC(C)On1ncc2c(N)cccc21. The highest BCUT2D eigenvalue weighted by Gasteiger charge is 2.06. The van der Waals surface area contributed by atoms with Crippen LogP contribution in [0.3, 0.4) is 0 Å². The van der Waals surface area contributed by atoms with E-state index in [9.17, 15) is 0 Å². The monoisotopic (exact) mass is 191 g/mol. The normalized spacial score (nSPS) is 11.1. The summed E-state index contributed by atoms with van der Waals surface area (Å²) in [4.78, 5) is 6.98. The number of hydrogen-bond donors (Lipinski definition) is 1. The molecule has 0 bridgehead atoms. The molecule has 0 saturated heterocycles. The van der Waals surface area contributed by atoms with Gasteiger partial charge in [0.1, 0.15) is 11.6 Å². The van der Waals surface area contributed by atoms with Gasteiger partial charge in [0.15, 0.2) is 0 Å². The maximum absolute atomic E-state index is 5.79. The second-order valence-corrected chi connectivity index (χ2v) is 3.45. The first-order valence-corrected chi connectivity index (χ1v) is 4.58. The lowest BCUT2D eigenvalue weighted by Gasteiger charge is -2.09. The Morgan fingerprint density at radius 2 is 2.21 bits per heavy atom. The summed E-state index contributed by atoms with van der Waals surface area (Å²) in [5, 5.41) is 5.03. The molecule has 2 rings (SSSR count). The van der Waals surface area contributed by atoms with E-state index in [0.29, 0.717) is 0 Å². The summed E-state index contributed by atoms with van der Waals surface area (Å²) in [5.41, 5.74) is 7.42. The van der Waals surface area contributed by atoms with Crippen molar-refractivity contribution in [3.05, 3.63) is 24.4 Å². The maximum atomic E-state index is 5.79. The molecule has 0 saturated carbocycles. The van der Waals surface area contributed by atoms with E-state index in [1.165, 1.54) is 4.85 Å². The van der Waals surface area contributed by atoms with Crippen molar-refractivity contribution < 1.29 is 4.84 Å². The summed E-state index contributed by atoms with van der Waals surface area (Å²) in [5.74, 6) is 0. The van der Waals surface area contributed by atoms with Crippen LogP contribution in [0.5, 0.6) is 0 Å². The molecule has 0 unspecified atom stereocenters. The van der Waals surface area contributed by atoms with E-state index < -0.39 is 0 Å². The molecule has 4 heteroatoms. The molecule has 0 radical (unpaired) electrons. The van der Waals surface area contributed by atoms with Crippen LogP contribution in [0.15, 0.2) is 24.4 Å². The first-order valence-electron chi connectivity index (χ1n) is 4.58. The van der Waals surface area contributed by atoms with Crippen LogP contribution in [-0.4, -0.2) is 16.0 Å². The number of nitrogens with two attached hydrogens (primary N) is 1. The summed E-state index contributed by atoms with van der Waals surface area (Å²) in [6.07, 6.45) is 1.81. The largest absolute Gasteiger partial charge is 0.398 e. The fourth-order valence-electron chi connectivity index (χ4n) is 1.33. The lowest BCUT2D eigenvalue weighted by atomic mass is 10.2. The molecule has 74 valence electrons. The Morgan fingerprint density at radius 3 is 2.93 bits per heavy atom. The third-order valence-electron chi connectivity index (χ3n) is 1.93. The molecule has 2 N–H and O–H groups in total. The van der Waals surface area contributed by atoms with Gasteiger partial charge in [0.05, 0.1) is 6.20 Å². The van der Waals surface area contributed by atoms with Crippen molar-refractivity contribution in [2.45, 2.75) is 20.0 Å². The fourth-order valence-corrected chi connectivity index (χ4v) is 1.33. The van der Waals surface area contributed by atoms with E-state index in [2.05, 4.69) is 5.10 Å². The first kappa shape index (κ1) is 8.87. The van der Waals surface area contributed by atoms with Crippen LogP contribution in [0.2, 0.25) is 0 Å². The summed E-state index contributed by atoms with van der Waals surface area (Å²) in [6.45, 7) is 3.92. The molecule has 0 spiro atoms. The van der Waals surface area contributed by atoms with E-state index >= 15 is 0 Å². The number of benzene rings is 1. The minimum atomic E-state index is 0.0968. The zero-order valence-electron chi connectivity index (χ0n) is 8.27. The number of fused-ring (bicyclic) bond motifs is 1. The van der Waals surface area contributed by atoms with Gasteiger partial charge in [-0.2, -0.15) is 0 Å². The van der Waals surface area contributed by atoms with Crippen LogP contribution in [-0.2, 0) is 0 Å². The minimum absolute atomic E-state index is 0.0968. The predicted octanol–water partition coefficient (Wildman–Crippen LogP) is 1.46. The zero-order chi connectivity index (χ0) is 10.1. The average Bonchev–Trinajstić information content (AvgIpc) is 2.49. The molecule has 0 atom stereocenters. The number of rotatable bonds is 2. The molecule has 4 nitrogen and oxygen atoms in total. The lowest BCUT2D eigenvalue weighted by Crippen LogP contribution is -2.19. The quantitative estimate of drug-likeness (QED) is 0.731. The van der Waals surface area contributed by atoms with E-state index in [1.807, 2.05) is 32.0 Å². The fraction of sp³-hybridized carbons (Fsp3) is 0.300. The maximum Gasteiger partial charge on any atom is 0.121 e. The zero-order valence-corrected chi connectivity index (χ0v) is 8.27. The van der Waals surface area contributed by atoms with E-state index in [-0.39, 0.29) is 6.10 Å². The van der Waals surface area contributed by atoms with Crippen molar-refractivity contribution in [2.24, 2.45) is 0 Å². The van der Waals surface area contributed by atoms with Crippen LogP contribution < -0.4 is 10.6 Å². The number of nitrogen functional groups attached to an aromatic ring is 1. The van der Waals surface area contributed by atoms with Crippen molar-refractivity contribution in [3.8, 4) is 0 Å². The molecule has 1 aromatic carbocycles. The third-order valence-corrected chi connectivity index (χ3v) is 1.93. The molecule has 1 heterocycles. The summed E-state index contributed by atoms with van der Waals surface area (Å²) in [7, 11) is 0. The number of hydrogen-bond acceptors (Lipinski definition) is 3. The van der Waals surface area contributed by atoms with Gasteiger partial charge in [-0.3, -0.25) is 0 Å². The van der Waals surface area contributed by atoms with Gasteiger partial charge in [0, 0.05) is 11.1 Å². The Bertz CT molecular complexity index is 448. The van der Waals surface area contributed by atoms with Gasteiger partial charge in [-0.1, -0.05) is 10.9 Å². The van der Waals surface area contributed by atoms with Crippen molar-refractivity contribution in [1.29, 1.82) is 0 Å². The molecule has 2 aromatic rings. The molecule has 1 aromatic heterocycles. The van der Waals surface area contributed by atoms with Gasteiger partial charge in [-0.15, -0.1) is 5.10 Å². The minimum Gasteiger partial charge on any atom is -0.398 e. The standard InChI is InChI=1S/C10H13N3O/c1-7(2)14-13-10-5-3-4-9(11)8(10)6-12-13/h3-7H,11H2,1-2H3. The van der Waals surface area contributed by atoms with Crippen LogP contribution >= 0.6 is 0 Å². The number of anilines is 1. The van der Waals surface area contributed by atoms with Crippen molar-refractivity contribution in [3.63, 3.8) is 0 Å². The van der Waals surface area contributed by atoms with Crippen LogP contribution in [0.25, 0.3) is 10.9 Å². The van der Waals surface area contributed by atoms with E-state index in [0.717, 1.165) is 16.6 Å². The Hall–Kier alpha value is -1.71. The highest BCUT2D eigenvalue weighted by atomic mass is 16.7. The third kappa shape index (κ3) is 1.39. The molecule has 0 amide bonds. The van der Waals surface area contributed by atoms with Crippen LogP contribution in [0.1, 0.15) is 13.8 Å². The Balaban J connectivity index is 2.52. The second-order valence-electron chi connectivity index (χ2n) is 3.45. The van der Waals surface area contributed by atoms with Crippen molar-refractivity contribution in [1.82, 2.24) is 9.94 Å². The second kappa shape index (κ2) is 3.21. The number of nitrogens with zero attached hydrogens (tertiary/aromatic N) is 2. The molecular formula is C10H13N3O. The van der Waals surface area contributed by atoms with Crippen LogP contribution in [0.4, 0.5) is 5.69 Å². The van der Waals surface area contributed by atoms with Gasteiger partial charge in [-0.05, 0) is 26.0 Å². The molecule has 0 aliphatic heterocycles. The summed E-state index contributed by atoms with van der Waals surface area (Å²) in [6, 6.07) is 5.67. The smallest absolute Gasteiger partial charge is 0.121 e. The highest BCUT2D eigenvalue weighted by Crippen LogP contribution is 2.19. The lowest BCUT2D eigenvalue weighted by molar-refractivity contribution is 0.0445. The predicted molar refractivity (Wildman–Crippen MR) is 55.9 cm³/mol. The topological polar surface area (TPSA) is 53.1 Å². The van der Waals surface area contributed by atoms with E-state index in [1.54, 1.807) is 6.20 Å². The number of aromatic nitrogens is 2. The Kier molecular flexibility index (Phi) is 2.04. The Labute approximate surface area is 82.2 Å². The van der Waals surface area contributed by atoms with Gasteiger partial charge in [0.25, 0.3) is 0 Å².